The molecule has 0 spiro atoms. The van der Waals surface area contributed by atoms with Crippen molar-refractivity contribution in [1.82, 2.24) is 20.9 Å². The fourth-order valence-corrected chi connectivity index (χ4v) is 4.41. The van der Waals surface area contributed by atoms with Gasteiger partial charge in [-0.2, -0.15) is 24.4 Å². The molecule has 0 fully saturated rings. The Bertz CT molecular complexity index is 1140. The number of nitrogens with two attached hydrogens (primary N) is 1. The first-order valence-corrected chi connectivity index (χ1v) is 13.9. The van der Waals surface area contributed by atoms with E-state index in [0.717, 1.165) is 16.5 Å². The lowest BCUT2D eigenvalue weighted by atomic mass is 10.0. The molecule has 8 N–H and O–H groups in total. The van der Waals surface area contributed by atoms with Crippen molar-refractivity contribution in [1.29, 1.82) is 0 Å². The van der Waals surface area contributed by atoms with Crippen molar-refractivity contribution in [2.75, 3.05) is 17.8 Å². The van der Waals surface area contributed by atoms with Crippen LogP contribution < -0.4 is 21.7 Å². The van der Waals surface area contributed by atoms with Crippen LogP contribution in [-0.4, -0.2) is 86.8 Å². The van der Waals surface area contributed by atoms with Gasteiger partial charge in [-0.3, -0.25) is 19.2 Å². The quantitative estimate of drug-likeness (QED) is 0.130. The zero-order chi connectivity index (χ0) is 28.2. The van der Waals surface area contributed by atoms with Crippen molar-refractivity contribution in [2.24, 2.45) is 5.73 Å². The second-order valence-corrected chi connectivity index (χ2v) is 9.94. The first-order valence-electron chi connectivity index (χ1n) is 11.8. The van der Waals surface area contributed by atoms with Crippen LogP contribution in [0.3, 0.4) is 0 Å². The molecule has 3 amide bonds. The molecule has 0 aliphatic heterocycles. The summed E-state index contributed by atoms with van der Waals surface area (Å²) in [6.45, 7) is 0. The maximum Gasteiger partial charge on any atom is 0.326 e. The predicted molar refractivity (Wildman–Crippen MR) is 147 cm³/mol. The Hall–Kier alpha value is -3.23. The van der Waals surface area contributed by atoms with Gasteiger partial charge in [0, 0.05) is 29.3 Å². The molecule has 0 saturated carbocycles. The minimum absolute atomic E-state index is 0.161. The third kappa shape index (κ3) is 9.26. The number of para-hydroxylation sites is 1. The summed E-state index contributed by atoms with van der Waals surface area (Å²) in [5.74, 6) is -4.31. The molecule has 0 aliphatic carbocycles. The number of rotatable bonds is 16. The third-order valence-electron chi connectivity index (χ3n) is 5.77. The number of aromatic nitrogens is 1. The van der Waals surface area contributed by atoms with Gasteiger partial charge in [-0.15, -0.1) is 0 Å². The van der Waals surface area contributed by atoms with Crippen LogP contribution in [-0.2, 0) is 30.4 Å². The van der Waals surface area contributed by atoms with Gasteiger partial charge in [0.25, 0.3) is 0 Å². The second kappa shape index (κ2) is 15.2. The molecule has 12 nitrogen and oxygen atoms in total. The molecule has 2 aromatic rings. The number of nitrogens with one attached hydrogen (secondary N) is 4. The number of hydrogen-bond acceptors (Lipinski definition) is 8. The summed E-state index contributed by atoms with van der Waals surface area (Å²) in [6.07, 6.45) is 3.21. The Labute approximate surface area is 229 Å². The molecule has 0 aliphatic rings. The topological polar surface area (TPSA) is 204 Å². The highest BCUT2D eigenvalue weighted by Crippen LogP contribution is 2.19. The van der Waals surface area contributed by atoms with E-state index in [9.17, 15) is 29.1 Å². The van der Waals surface area contributed by atoms with Gasteiger partial charge in [0.1, 0.15) is 18.1 Å². The Morgan fingerprint density at radius 2 is 1.61 bits per heavy atom. The number of aromatic amines is 1. The largest absolute Gasteiger partial charge is 0.481 e. The Morgan fingerprint density at radius 3 is 2.24 bits per heavy atom. The number of benzene rings is 1. The second-order valence-electron chi connectivity index (χ2n) is 8.59. The molecule has 1 aromatic heterocycles. The number of H-pyrrole nitrogens is 1. The Morgan fingerprint density at radius 1 is 0.974 bits per heavy atom. The van der Waals surface area contributed by atoms with Crippen LogP contribution in [0.5, 0.6) is 0 Å². The summed E-state index contributed by atoms with van der Waals surface area (Å²) in [7, 11) is 0. The lowest BCUT2D eigenvalue weighted by Crippen LogP contribution is -2.57. The smallest absolute Gasteiger partial charge is 0.326 e. The van der Waals surface area contributed by atoms with Crippen LogP contribution in [0.25, 0.3) is 10.9 Å². The summed E-state index contributed by atoms with van der Waals surface area (Å²) >= 11 is 5.50. The number of carbonyl (C=O) groups excluding carboxylic acids is 3. The number of carbonyl (C=O) groups is 5. The summed E-state index contributed by atoms with van der Waals surface area (Å²) in [4.78, 5) is 64.1. The number of fused-ring (bicyclic) bond motifs is 1. The van der Waals surface area contributed by atoms with Crippen LogP contribution in [0.4, 0.5) is 0 Å². The number of carboxylic acid groups (broad SMARTS) is 2. The SMILES string of the molecule is CSCCC(NC(=O)C(CS)NC(=O)C(CCC(=O)O)NC(=O)C(N)Cc1c[nH]c2ccccc12)C(=O)O. The minimum Gasteiger partial charge on any atom is -0.481 e. The van der Waals surface area contributed by atoms with Gasteiger partial charge in [-0.05, 0) is 42.9 Å². The van der Waals surface area contributed by atoms with Crippen molar-refractivity contribution in [3.8, 4) is 0 Å². The van der Waals surface area contributed by atoms with Crippen molar-refractivity contribution >= 4 is 65.0 Å². The van der Waals surface area contributed by atoms with E-state index in [1.165, 1.54) is 11.8 Å². The number of thioether (sulfide) groups is 1. The summed E-state index contributed by atoms with van der Waals surface area (Å²) < 4.78 is 0. The van der Waals surface area contributed by atoms with Crippen molar-refractivity contribution in [3.05, 3.63) is 36.0 Å². The lowest BCUT2D eigenvalue weighted by Gasteiger charge is -2.24. The molecule has 0 radical (unpaired) electrons. The lowest BCUT2D eigenvalue weighted by molar-refractivity contribution is -0.142. The molecule has 0 saturated heterocycles. The van der Waals surface area contributed by atoms with Crippen LogP contribution in [0.2, 0.25) is 0 Å². The monoisotopic (exact) mass is 567 g/mol. The normalized spacial score (nSPS) is 14.2. The molecule has 4 unspecified atom stereocenters. The van der Waals surface area contributed by atoms with Crippen LogP contribution in [0.15, 0.2) is 30.5 Å². The zero-order valence-corrected chi connectivity index (χ0v) is 22.5. The van der Waals surface area contributed by atoms with Gasteiger partial charge in [0.2, 0.25) is 17.7 Å². The van der Waals surface area contributed by atoms with Crippen molar-refractivity contribution in [2.45, 2.75) is 49.9 Å². The third-order valence-corrected chi connectivity index (χ3v) is 6.78. The average Bonchev–Trinajstić information content (AvgIpc) is 3.29. The summed E-state index contributed by atoms with van der Waals surface area (Å²) in [6, 6.07) is 2.78. The van der Waals surface area contributed by atoms with Gasteiger partial charge in [-0.25, -0.2) is 4.79 Å². The van der Waals surface area contributed by atoms with E-state index in [1.54, 1.807) is 12.5 Å². The number of thiol groups is 1. The molecular weight excluding hydrogens is 534 g/mol. The first-order chi connectivity index (χ1) is 18.1. The first kappa shape index (κ1) is 31.0. The summed E-state index contributed by atoms with van der Waals surface area (Å²) in [5.41, 5.74) is 7.78. The molecule has 0 bridgehead atoms. The van der Waals surface area contributed by atoms with Gasteiger partial charge < -0.3 is 36.9 Å². The van der Waals surface area contributed by atoms with E-state index in [0.29, 0.717) is 5.75 Å². The number of hydrogen-bond donors (Lipinski definition) is 8. The number of aliphatic carboxylic acids is 2. The Balaban J connectivity index is 2.07. The van der Waals surface area contributed by atoms with Crippen molar-refractivity contribution < 1.29 is 34.2 Å². The molecule has 1 heterocycles. The highest BCUT2D eigenvalue weighted by molar-refractivity contribution is 7.98. The van der Waals surface area contributed by atoms with Gasteiger partial charge in [-0.1, -0.05) is 18.2 Å². The van der Waals surface area contributed by atoms with E-state index in [1.807, 2.05) is 24.3 Å². The van der Waals surface area contributed by atoms with Crippen LogP contribution >= 0.6 is 24.4 Å². The molecule has 1 aromatic carbocycles. The number of amides is 3. The minimum atomic E-state index is -1.30. The van der Waals surface area contributed by atoms with Crippen LogP contribution in [0.1, 0.15) is 24.8 Å². The van der Waals surface area contributed by atoms with Gasteiger partial charge >= 0.3 is 11.9 Å². The fourth-order valence-electron chi connectivity index (χ4n) is 3.68. The molecule has 4 atom stereocenters. The van der Waals surface area contributed by atoms with E-state index < -0.39 is 60.2 Å². The fraction of sp³-hybridized carbons (Fsp3) is 0.458. The molecule has 38 heavy (non-hydrogen) atoms. The Kier molecular flexibility index (Phi) is 12.4. The van der Waals surface area contributed by atoms with E-state index >= 15 is 0 Å². The molecule has 2 rings (SSSR count). The maximum absolute atomic E-state index is 13.0. The molecular formula is C24H33N5O7S2. The maximum atomic E-state index is 13.0. The standard InChI is InChI=1S/C24H33N5O7S2/c1-38-9-8-18(24(35)36)28-23(34)19(12-37)29-22(33)17(6-7-20(30)31)27-21(32)15(25)10-13-11-26-16-5-3-2-4-14(13)16/h2-5,11,15,17-19,26,37H,6-10,12,25H2,1H3,(H,27,32)(H,28,34)(H,29,33)(H,30,31)(H,35,36). The predicted octanol–water partition coefficient (Wildman–Crippen LogP) is 0.124. The highest BCUT2D eigenvalue weighted by atomic mass is 32.2. The van der Waals surface area contributed by atoms with E-state index in [-0.39, 0.29) is 25.0 Å². The van der Waals surface area contributed by atoms with Gasteiger partial charge in [0.05, 0.1) is 6.04 Å². The van der Waals surface area contributed by atoms with E-state index in [4.69, 9.17) is 10.8 Å². The highest BCUT2D eigenvalue weighted by Gasteiger charge is 2.30. The molecule has 14 heteroatoms. The van der Waals surface area contributed by atoms with Crippen molar-refractivity contribution in [3.63, 3.8) is 0 Å². The van der Waals surface area contributed by atoms with Crippen LogP contribution in [0, 0.1) is 0 Å². The van der Waals surface area contributed by atoms with Gasteiger partial charge in [0.15, 0.2) is 0 Å². The zero-order valence-electron chi connectivity index (χ0n) is 20.8. The number of carboxylic acids is 2. The van der Waals surface area contributed by atoms with E-state index in [2.05, 4.69) is 33.6 Å². The summed E-state index contributed by atoms with van der Waals surface area (Å²) in [5, 5.41) is 26.6. The average molecular weight is 568 g/mol. The molecule has 208 valence electrons.